The zero-order valence-corrected chi connectivity index (χ0v) is 5.55. The average Bonchev–Trinajstić information content (AvgIpc) is 2.45. The fourth-order valence-electron chi connectivity index (χ4n) is 1.99. The molecule has 0 unspecified atom stereocenters. The number of nitrogens with two attached hydrogens (primary N) is 1. The summed E-state index contributed by atoms with van der Waals surface area (Å²) < 4.78 is 5.60. The van der Waals surface area contributed by atoms with Crippen molar-refractivity contribution in [2.45, 2.75) is 31.5 Å². The highest BCUT2D eigenvalue weighted by Crippen LogP contribution is 2.37. The van der Waals surface area contributed by atoms with E-state index in [0.29, 0.717) is 18.1 Å². The van der Waals surface area contributed by atoms with Gasteiger partial charge in [0.1, 0.15) is 0 Å². The largest absolute Gasteiger partial charge is 0.375 e. The number of fused-ring (bicyclic) bond motifs is 2. The number of hydrogen-bond donors (Lipinski definition) is 1. The first-order valence-corrected chi connectivity index (χ1v) is 3.75. The molecule has 0 saturated carbocycles. The van der Waals surface area contributed by atoms with Crippen molar-refractivity contribution in [3.63, 3.8) is 0 Å². The van der Waals surface area contributed by atoms with Crippen molar-refractivity contribution in [2.75, 3.05) is 6.54 Å². The van der Waals surface area contributed by atoms with Crippen LogP contribution in [0.2, 0.25) is 0 Å². The third-order valence-corrected chi connectivity index (χ3v) is 2.53. The van der Waals surface area contributed by atoms with Crippen LogP contribution in [0.3, 0.4) is 0 Å². The summed E-state index contributed by atoms with van der Waals surface area (Å²) in [6.45, 7) is 0.821. The molecular formula is C7H13NO. The molecule has 2 heterocycles. The molecule has 2 fully saturated rings. The smallest absolute Gasteiger partial charge is 0.0621 e. The topological polar surface area (TPSA) is 35.2 Å². The second-order valence-electron chi connectivity index (χ2n) is 3.11. The normalized spacial score (nSPS) is 48.3. The molecule has 0 aromatic heterocycles. The summed E-state index contributed by atoms with van der Waals surface area (Å²) in [6.07, 6.45) is 4.86. The summed E-state index contributed by atoms with van der Waals surface area (Å²) in [7, 11) is 0. The van der Waals surface area contributed by atoms with Gasteiger partial charge in [-0.2, -0.15) is 0 Å². The molecule has 2 N–H and O–H groups in total. The number of rotatable bonds is 1. The van der Waals surface area contributed by atoms with E-state index >= 15 is 0 Å². The minimum absolute atomic E-state index is 0.528. The van der Waals surface area contributed by atoms with Gasteiger partial charge in [0.2, 0.25) is 0 Å². The molecule has 2 aliphatic rings. The molecule has 2 aliphatic heterocycles. The van der Waals surface area contributed by atoms with Crippen LogP contribution in [0.1, 0.15) is 19.3 Å². The maximum absolute atomic E-state index is 5.60. The first kappa shape index (κ1) is 5.69. The highest BCUT2D eigenvalue weighted by Gasteiger charge is 2.39. The molecular weight excluding hydrogens is 114 g/mol. The van der Waals surface area contributed by atoms with Crippen LogP contribution in [0.4, 0.5) is 0 Å². The Hall–Kier alpha value is -0.0800. The number of ether oxygens (including phenoxy) is 1. The Balaban J connectivity index is 2.01. The summed E-state index contributed by atoms with van der Waals surface area (Å²) in [5.74, 6) is 0.684. The summed E-state index contributed by atoms with van der Waals surface area (Å²) in [6, 6.07) is 0. The summed E-state index contributed by atoms with van der Waals surface area (Å²) in [5.41, 5.74) is 5.54. The van der Waals surface area contributed by atoms with Crippen LogP contribution >= 0.6 is 0 Å². The van der Waals surface area contributed by atoms with Crippen LogP contribution in [0.25, 0.3) is 0 Å². The second kappa shape index (κ2) is 1.96. The molecule has 2 nitrogen and oxygen atoms in total. The lowest BCUT2D eigenvalue weighted by Crippen LogP contribution is -2.24. The van der Waals surface area contributed by atoms with Gasteiger partial charge in [0.15, 0.2) is 0 Å². The summed E-state index contributed by atoms with van der Waals surface area (Å²) in [5, 5.41) is 0. The Labute approximate surface area is 55.4 Å². The predicted octanol–water partition coefficient (Wildman–Crippen LogP) is 0.513. The van der Waals surface area contributed by atoms with Crippen LogP contribution in [0.5, 0.6) is 0 Å². The lowest BCUT2D eigenvalue weighted by molar-refractivity contribution is 0.0936. The van der Waals surface area contributed by atoms with Gasteiger partial charge in [-0.25, -0.2) is 0 Å². The van der Waals surface area contributed by atoms with Gasteiger partial charge < -0.3 is 10.5 Å². The first-order valence-electron chi connectivity index (χ1n) is 3.75. The van der Waals surface area contributed by atoms with Gasteiger partial charge in [0, 0.05) is 0 Å². The van der Waals surface area contributed by atoms with Gasteiger partial charge in [0.05, 0.1) is 12.2 Å². The third-order valence-electron chi connectivity index (χ3n) is 2.53. The van der Waals surface area contributed by atoms with Crippen LogP contribution in [-0.2, 0) is 4.74 Å². The Kier molecular flexibility index (Phi) is 1.24. The van der Waals surface area contributed by atoms with E-state index in [0.717, 1.165) is 6.54 Å². The van der Waals surface area contributed by atoms with Crippen molar-refractivity contribution in [1.82, 2.24) is 0 Å². The zero-order valence-electron chi connectivity index (χ0n) is 5.55. The molecule has 3 atom stereocenters. The number of hydrogen-bond acceptors (Lipinski definition) is 2. The van der Waals surface area contributed by atoms with Crippen molar-refractivity contribution in [3.8, 4) is 0 Å². The Morgan fingerprint density at radius 2 is 2.33 bits per heavy atom. The highest BCUT2D eigenvalue weighted by atomic mass is 16.5. The van der Waals surface area contributed by atoms with Crippen molar-refractivity contribution >= 4 is 0 Å². The van der Waals surface area contributed by atoms with E-state index in [4.69, 9.17) is 10.5 Å². The van der Waals surface area contributed by atoms with E-state index < -0.39 is 0 Å². The Morgan fingerprint density at radius 3 is 2.67 bits per heavy atom. The molecule has 0 aromatic carbocycles. The molecule has 2 bridgehead atoms. The molecule has 0 amide bonds. The van der Waals surface area contributed by atoms with Crippen LogP contribution in [-0.4, -0.2) is 18.8 Å². The molecule has 0 aliphatic carbocycles. The van der Waals surface area contributed by atoms with Crippen LogP contribution in [0.15, 0.2) is 0 Å². The summed E-state index contributed by atoms with van der Waals surface area (Å²) in [4.78, 5) is 0. The molecule has 0 aromatic rings. The van der Waals surface area contributed by atoms with E-state index in [1.807, 2.05) is 0 Å². The SMILES string of the molecule is NC[C@H]1C[C@H]2CC[C@@H]1O2. The molecule has 9 heavy (non-hydrogen) atoms. The van der Waals surface area contributed by atoms with Gasteiger partial charge in [-0.1, -0.05) is 0 Å². The van der Waals surface area contributed by atoms with Gasteiger partial charge in [-0.3, -0.25) is 0 Å². The molecule has 0 radical (unpaired) electrons. The van der Waals surface area contributed by atoms with Gasteiger partial charge in [0.25, 0.3) is 0 Å². The summed E-state index contributed by atoms with van der Waals surface area (Å²) >= 11 is 0. The van der Waals surface area contributed by atoms with Gasteiger partial charge >= 0.3 is 0 Å². The van der Waals surface area contributed by atoms with Crippen molar-refractivity contribution in [2.24, 2.45) is 11.7 Å². The lowest BCUT2D eigenvalue weighted by Gasteiger charge is -2.14. The average molecular weight is 127 g/mol. The fourth-order valence-corrected chi connectivity index (χ4v) is 1.99. The minimum Gasteiger partial charge on any atom is -0.375 e. The lowest BCUT2D eigenvalue weighted by atomic mass is 9.89. The van der Waals surface area contributed by atoms with E-state index in [1.54, 1.807) is 0 Å². The molecule has 0 spiro atoms. The van der Waals surface area contributed by atoms with Gasteiger partial charge in [-0.05, 0) is 31.7 Å². The zero-order chi connectivity index (χ0) is 6.27. The fraction of sp³-hybridized carbons (Fsp3) is 1.00. The van der Waals surface area contributed by atoms with Crippen LogP contribution in [0, 0.1) is 5.92 Å². The van der Waals surface area contributed by atoms with Crippen LogP contribution < -0.4 is 5.73 Å². The Bertz CT molecular complexity index is 115. The van der Waals surface area contributed by atoms with Gasteiger partial charge in [-0.15, -0.1) is 0 Å². The van der Waals surface area contributed by atoms with E-state index in [1.165, 1.54) is 19.3 Å². The van der Waals surface area contributed by atoms with E-state index in [2.05, 4.69) is 0 Å². The maximum atomic E-state index is 5.60. The Morgan fingerprint density at radius 1 is 1.44 bits per heavy atom. The van der Waals surface area contributed by atoms with Crippen molar-refractivity contribution in [1.29, 1.82) is 0 Å². The quantitative estimate of drug-likeness (QED) is 0.557. The minimum atomic E-state index is 0.528. The third kappa shape index (κ3) is 0.775. The molecule has 52 valence electrons. The molecule has 2 rings (SSSR count). The first-order chi connectivity index (χ1) is 4.40. The second-order valence-corrected chi connectivity index (χ2v) is 3.11. The highest BCUT2D eigenvalue weighted by molar-refractivity contribution is 4.89. The van der Waals surface area contributed by atoms with E-state index in [-0.39, 0.29) is 0 Å². The molecule has 2 saturated heterocycles. The van der Waals surface area contributed by atoms with Crippen molar-refractivity contribution < 1.29 is 4.74 Å². The molecule has 2 heteroatoms. The monoisotopic (exact) mass is 127 g/mol. The maximum Gasteiger partial charge on any atom is 0.0621 e. The van der Waals surface area contributed by atoms with E-state index in [9.17, 15) is 0 Å². The standard InChI is InChI=1S/C7H13NO/c8-4-5-3-6-1-2-7(5)9-6/h5-7H,1-4,8H2/t5-,6-,7+/m1/s1. The van der Waals surface area contributed by atoms with Crippen molar-refractivity contribution in [3.05, 3.63) is 0 Å². The predicted molar refractivity (Wildman–Crippen MR) is 35.1 cm³/mol.